The number of nitrogens with zero attached hydrogens (tertiary/aromatic N) is 1. The van der Waals surface area contributed by atoms with E-state index in [2.05, 4.69) is 82.5 Å². The molecule has 0 saturated carbocycles. The maximum Gasteiger partial charge on any atom is -0.147 e. The van der Waals surface area contributed by atoms with Gasteiger partial charge in [-0.15, -0.1) is 24.8 Å². The number of hydrogen-bond donors (Lipinski definition) is 0. The van der Waals surface area contributed by atoms with Crippen molar-refractivity contribution in [3.05, 3.63) is 52.2 Å². The predicted octanol–water partition coefficient (Wildman–Crippen LogP) is 5.00. The summed E-state index contributed by atoms with van der Waals surface area (Å²) in [5, 5.41) is 1.85. The Morgan fingerprint density at radius 1 is 0.960 bits per heavy atom. The molecule has 0 N–H and O–H groups in total. The summed E-state index contributed by atoms with van der Waals surface area (Å²) >= 11 is 1.07. The first kappa shape index (κ1) is 25.2. The van der Waals surface area contributed by atoms with Crippen molar-refractivity contribution >= 4 is 39.5 Å². The molecular weight excluding hydrogens is 532 g/mol. The van der Waals surface area contributed by atoms with Gasteiger partial charge in [-0.25, -0.2) is 0 Å². The molecule has 0 amide bonds. The first-order valence-corrected chi connectivity index (χ1v) is 11.5. The summed E-state index contributed by atoms with van der Waals surface area (Å²) in [7, 11) is -0.455. The van der Waals surface area contributed by atoms with Crippen LogP contribution < -0.4 is 5.19 Å². The minimum Gasteiger partial charge on any atom is -0.147 e. The normalized spacial score (nSPS) is 20.8. The van der Waals surface area contributed by atoms with Gasteiger partial charge in [0.05, 0.1) is 0 Å². The van der Waals surface area contributed by atoms with Crippen LogP contribution in [0.3, 0.4) is 0 Å². The Bertz CT molecular complexity index is 691. The van der Waals surface area contributed by atoms with Gasteiger partial charge in [0.1, 0.15) is 0 Å². The standard InChI is InChI=1S/C20H30NSi.2ClH.Hf/c1-13-11-9-10-12-17(13)22-20(8)16(4)14(2)15(3)18(20)21-19(5,6)7;;;/h9-12H,22H2,1-8H3;2*1H;/q-1;;;+1. The van der Waals surface area contributed by atoms with Gasteiger partial charge in [-0.2, -0.15) is 0 Å². The summed E-state index contributed by atoms with van der Waals surface area (Å²) in [5.74, 6) is 0. The topological polar surface area (TPSA) is 3.24 Å². The van der Waals surface area contributed by atoms with E-state index in [-0.39, 0.29) is 35.4 Å². The zero-order chi connectivity index (χ0) is 17.6. The second kappa shape index (κ2) is 8.90. The summed E-state index contributed by atoms with van der Waals surface area (Å²) in [6.45, 7) is 18.8. The molecule has 0 heterocycles. The van der Waals surface area contributed by atoms with Crippen LogP contribution in [0.15, 0.2) is 46.7 Å². The van der Waals surface area contributed by atoms with Crippen LogP contribution in [0.1, 0.15) is 54.0 Å². The molecule has 25 heavy (non-hydrogen) atoms. The second-order valence-corrected chi connectivity index (χ2v) is 12.3. The Balaban J connectivity index is 0.00000288. The van der Waals surface area contributed by atoms with Gasteiger partial charge >= 0.3 is 160 Å². The number of allylic oxidation sites excluding steroid dienone is 3. The molecule has 0 saturated heterocycles. The first-order valence-electron chi connectivity index (χ1n) is 8.46. The minimum absolute atomic E-state index is 0. The van der Waals surface area contributed by atoms with Crippen LogP contribution >= 0.6 is 24.8 Å². The third-order valence-corrected chi connectivity index (χ3v) is 11.5. The largest absolute Gasteiger partial charge is 0.147 e. The van der Waals surface area contributed by atoms with Crippen LogP contribution in [0.4, 0.5) is 0 Å². The van der Waals surface area contributed by atoms with E-state index in [0.717, 1.165) is 24.7 Å². The van der Waals surface area contributed by atoms with E-state index < -0.39 is 9.52 Å². The van der Waals surface area contributed by atoms with Crippen LogP contribution in [-0.2, 0) is 24.7 Å². The van der Waals surface area contributed by atoms with Crippen LogP contribution in [-0.4, -0.2) is 17.9 Å². The van der Waals surface area contributed by atoms with Crippen molar-refractivity contribution in [2.45, 2.75) is 66.0 Å². The van der Waals surface area contributed by atoms with E-state index >= 15 is 0 Å². The maximum atomic E-state index is 2.66. The summed E-state index contributed by atoms with van der Waals surface area (Å²) < 4.78 is 2.66. The zero-order valence-corrected chi connectivity index (χ0v) is 23.4. The number of halogens is 2. The average molecular weight is 564 g/mol. The van der Waals surface area contributed by atoms with Crippen molar-refractivity contribution < 1.29 is 24.7 Å². The molecule has 0 fully saturated rings. The molecule has 2 rings (SSSR count). The summed E-state index contributed by atoms with van der Waals surface area (Å²) in [5.41, 5.74) is 7.93. The second-order valence-electron chi connectivity index (χ2n) is 8.17. The number of hydrogen-bond acceptors (Lipinski definition) is 1. The van der Waals surface area contributed by atoms with E-state index in [9.17, 15) is 0 Å². The van der Waals surface area contributed by atoms with Gasteiger partial charge in [-0.1, -0.05) is 0 Å². The molecule has 1 unspecified atom stereocenters. The van der Waals surface area contributed by atoms with Gasteiger partial charge in [0.2, 0.25) is 0 Å². The van der Waals surface area contributed by atoms with Gasteiger partial charge in [0.15, 0.2) is 0 Å². The Morgan fingerprint density at radius 2 is 1.48 bits per heavy atom. The molecule has 139 valence electrons. The van der Waals surface area contributed by atoms with E-state index in [1.165, 1.54) is 16.7 Å². The van der Waals surface area contributed by atoms with Gasteiger partial charge < -0.3 is 0 Å². The smallest absolute Gasteiger partial charge is 0.147 e. The SMILES string of the molecule is CC1=C(C)C(C)([SiH2]c2ccccc2C)C([N]([Hf])C(C)(C)C)=C1C.Cl.Cl. The average Bonchev–Trinajstić information content (AvgIpc) is 2.61. The molecule has 1 nitrogen and oxygen atoms in total. The molecular formula is C20H32Cl2HfNSi. The number of aryl methyl sites for hydroxylation is 1. The predicted molar refractivity (Wildman–Crippen MR) is 115 cm³/mol. The van der Waals surface area contributed by atoms with Crippen molar-refractivity contribution in [1.82, 2.24) is 2.89 Å². The molecule has 0 bridgehead atoms. The minimum atomic E-state index is -0.455. The molecule has 1 aromatic carbocycles. The number of benzene rings is 1. The summed E-state index contributed by atoms with van der Waals surface area (Å²) in [6, 6.07) is 8.99. The first-order chi connectivity index (χ1) is 10.5. The Kier molecular flexibility index (Phi) is 8.96. The van der Waals surface area contributed by atoms with E-state index in [4.69, 9.17) is 0 Å². The summed E-state index contributed by atoms with van der Waals surface area (Å²) in [6.07, 6.45) is 0. The van der Waals surface area contributed by atoms with Crippen molar-refractivity contribution in [3.8, 4) is 0 Å². The van der Waals surface area contributed by atoms with Gasteiger partial charge in [0.25, 0.3) is 0 Å². The van der Waals surface area contributed by atoms with Crippen LogP contribution in [0.5, 0.6) is 0 Å². The molecule has 5 heteroatoms. The molecule has 1 atom stereocenters. The molecule has 0 aromatic heterocycles. The van der Waals surface area contributed by atoms with Gasteiger partial charge in [0, 0.05) is 0 Å². The third-order valence-electron chi connectivity index (χ3n) is 5.53. The Labute approximate surface area is 184 Å². The molecule has 0 spiro atoms. The summed E-state index contributed by atoms with van der Waals surface area (Å²) in [4.78, 5) is 0. The fourth-order valence-electron chi connectivity index (χ4n) is 3.62. The third kappa shape index (κ3) is 4.72. The van der Waals surface area contributed by atoms with Crippen molar-refractivity contribution in [1.29, 1.82) is 0 Å². The monoisotopic (exact) mass is 564 g/mol. The van der Waals surface area contributed by atoms with E-state index in [1.54, 1.807) is 16.5 Å². The molecule has 1 aliphatic rings. The zero-order valence-electron chi connectivity index (χ0n) is 16.8. The Hall–Kier alpha value is 0.167. The fourth-order valence-corrected chi connectivity index (χ4v) is 8.21. The van der Waals surface area contributed by atoms with Crippen LogP contribution in [0.2, 0.25) is 5.04 Å². The van der Waals surface area contributed by atoms with Crippen molar-refractivity contribution in [2.75, 3.05) is 0 Å². The molecule has 1 aliphatic carbocycles. The number of rotatable bonds is 3. The van der Waals surface area contributed by atoms with Gasteiger partial charge in [-0.3, -0.25) is 0 Å². The maximum absolute atomic E-state index is 2.66. The van der Waals surface area contributed by atoms with Crippen molar-refractivity contribution in [2.24, 2.45) is 0 Å². The van der Waals surface area contributed by atoms with Crippen LogP contribution in [0.25, 0.3) is 0 Å². The van der Waals surface area contributed by atoms with E-state index in [1.807, 2.05) is 0 Å². The quantitative estimate of drug-likeness (QED) is 0.468. The molecule has 0 aliphatic heterocycles. The molecule has 1 aromatic rings. The van der Waals surface area contributed by atoms with Crippen LogP contribution in [0, 0.1) is 6.92 Å². The fraction of sp³-hybridized carbons (Fsp3) is 0.500. The van der Waals surface area contributed by atoms with Gasteiger partial charge in [-0.05, 0) is 0 Å². The van der Waals surface area contributed by atoms with Crippen molar-refractivity contribution in [3.63, 3.8) is 0 Å². The van der Waals surface area contributed by atoms with E-state index in [0.29, 0.717) is 0 Å². The Morgan fingerprint density at radius 3 is 1.96 bits per heavy atom. The molecule has 0 radical (unpaired) electrons.